The molecule has 0 unspecified atom stereocenters. The van der Waals surface area contributed by atoms with Crippen LogP contribution in [0.1, 0.15) is 0 Å². The number of hydrogen-bond acceptors (Lipinski definition) is 8. The summed E-state index contributed by atoms with van der Waals surface area (Å²) in [6.45, 7) is 0.461. The lowest BCUT2D eigenvalue weighted by atomic mass is 10.1. The molecule has 0 bridgehead atoms. The van der Waals surface area contributed by atoms with Crippen LogP contribution in [0.25, 0.3) is 26.6 Å². The molecule has 0 atom stereocenters. The zero-order valence-electron chi connectivity index (χ0n) is 14.3. The highest BCUT2D eigenvalue weighted by Crippen LogP contribution is 2.28. The summed E-state index contributed by atoms with van der Waals surface area (Å²) in [7, 11) is 3.18. The Kier molecular flexibility index (Phi) is 4.41. The minimum atomic E-state index is -0.350. The molecule has 4 aromatic rings. The van der Waals surface area contributed by atoms with E-state index in [0.29, 0.717) is 12.5 Å². The van der Waals surface area contributed by atoms with E-state index < -0.39 is 0 Å². The molecular weight excluding hydrogens is 352 g/mol. The Hall–Kier alpha value is -2.75. The Labute approximate surface area is 153 Å². The van der Waals surface area contributed by atoms with Crippen LogP contribution in [0.15, 0.2) is 36.7 Å². The average molecular weight is 370 g/mol. The number of rotatable bonds is 6. The van der Waals surface area contributed by atoms with Gasteiger partial charge in [-0.15, -0.1) is 0 Å². The number of methoxy groups -OCH3 is 2. The first-order chi connectivity index (χ1) is 12.7. The Balaban J connectivity index is 1.63. The zero-order chi connectivity index (χ0) is 18.1. The predicted molar refractivity (Wildman–Crippen MR) is 102 cm³/mol. The number of nitrogens with two attached hydrogens (primary N) is 1. The minimum Gasteiger partial charge on any atom is -0.399 e. The van der Waals surface area contributed by atoms with Gasteiger partial charge in [0.05, 0.1) is 18.4 Å². The van der Waals surface area contributed by atoms with Crippen molar-refractivity contribution in [3.8, 4) is 11.3 Å². The van der Waals surface area contributed by atoms with Crippen LogP contribution in [0, 0.1) is 0 Å². The molecule has 0 saturated heterocycles. The Morgan fingerprint density at radius 2 is 1.96 bits per heavy atom. The summed E-state index contributed by atoms with van der Waals surface area (Å²) in [5.41, 5.74) is 9.31. The van der Waals surface area contributed by atoms with Crippen LogP contribution >= 0.6 is 11.3 Å². The molecule has 4 rings (SSSR count). The second kappa shape index (κ2) is 6.87. The van der Waals surface area contributed by atoms with Gasteiger partial charge in [0, 0.05) is 31.7 Å². The van der Waals surface area contributed by atoms with Gasteiger partial charge < -0.3 is 20.5 Å². The van der Waals surface area contributed by atoms with Crippen molar-refractivity contribution in [2.24, 2.45) is 0 Å². The maximum Gasteiger partial charge on any atom is 0.224 e. The van der Waals surface area contributed by atoms with Crippen molar-refractivity contribution in [3.05, 3.63) is 36.7 Å². The SMILES string of the molecule is COC(CNc1ncc2c(n1)sc1nc(-c3ccc(N)cc3)cn12)OC. The number of thiazole rings is 1. The molecule has 3 aromatic heterocycles. The van der Waals surface area contributed by atoms with Crippen molar-refractivity contribution >= 4 is 38.3 Å². The minimum absolute atomic E-state index is 0.350. The van der Waals surface area contributed by atoms with E-state index in [-0.39, 0.29) is 6.29 Å². The van der Waals surface area contributed by atoms with Gasteiger partial charge in [-0.05, 0) is 12.1 Å². The fraction of sp³-hybridized carbons (Fsp3) is 0.235. The third-order valence-corrected chi connectivity index (χ3v) is 4.98. The zero-order valence-corrected chi connectivity index (χ0v) is 15.2. The van der Waals surface area contributed by atoms with Gasteiger partial charge >= 0.3 is 0 Å². The van der Waals surface area contributed by atoms with Crippen LogP contribution in [0.4, 0.5) is 11.6 Å². The van der Waals surface area contributed by atoms with Gasteiger partial charge in [0.2, 0.25) is 5.95 Å². The first-order valence-electron chi connectivity index (χ1n) is 7.98. The quantitative estimate of drug-likeness (QED) is 0.397. The second-order valence-corrected chi connectivity index (χ2v) is 6.62. The topological polar surface area (TPSA) is 99.6 Å². The molecule has 134 valence electrons. The largest absolute Gasteiger partial charge is 0.399 e. The van der Waals surface area contributed by atoms with E-state index in [1.54, 1.807) is 20.4 Å². The van der Waals surface area contributed by atoms with E-state index in [4.69, 9.17) is 20.2 Å². The highest BCUT2D eigenvalue weighted by molar-refractivity contribution is 7.23. The first-order valence-corrected chi connectivity index (χ1v) is 8.79. The van der Waals surface area contributed by atoms with Gasteiger partial charge in [-0.1, -0.05) is 23.5 Å². The number of anilines is 2. The van der Waals surface area contributed by atoms with E-state index in [1.807, 2.05) is 34.9 Å². The summed E-state index contributed by atoms with van der Waals surface area (Å²) in [6, 6.07) is 7.67. The van der Waals surface area contributed by atoms with Crippen molar-refractivity contribution in [2.75, 3.05) is 31.8 Å². The lowest BCUT2D eigenvalue weighted by Gasteiger charge is -2.13. The first kappa shape index (κ1) is 16.7. The van der Waals surface area contributed by atoms with Gasteiger partial charge in [-0.3, -0.25) is 4.40 Å². The van der Waals surface area contributed by atoms with E-state index in [0.717, 1.165) is 32.3 Å². The summed E-state index contributed by atoms with van der Waals surface area (Å²) >= 11 is 1.51. The molecule has 1 aromatic carbocycles. The highest BCUT2D eigenvalue weighted by atomic mass is 32.1. The maximum atomic E-state index is 5.75. The van der Waals surface area contributed by atoms with Crippen LogP contribution in [0.2, 0.25) is 0 Å². The smallest absolute Gasteiger partial charge is 0.224 e. The van der Waals surface area contributed by atoms with Gasteiger partial charge in [0.25, 0.3) is 0 Å². The third kappa shape index (κ3) is 3.07. The summed E-state index contributed by atoms with van der Waals surface area (Å²) in [5, 5.41) is 3.11. The van der Waals surface area contributed by atoms with E-state index in [9.17, 15) is 0 Å². The molecule has 0 aliphatic carbocycles. The molecule has 0 saturated carbocycles. The number of ether oxygens (including phenoxy) is 2. The van der Waals surface area contributed by atoms with E-state index >= 15 is 0 Å². The van der Waals surface area contributed by atoms with Crippen LogP contribution < -0.4 is 11.1 Å². The summed E-state index contributed by atoms with van der Waals surface area (Å²) in [5.74, 6) is 0.528. The van der Waals surface area contributed by atoms with Gasteiger partial charge in [0.15, 0.2) is 11.3 Å². The molecule has 9 heteroatoms. The van der Waals surface area contributed by atoms with Gasteiger partial charge in [-0.2, -0.15) is 0 Å². The predicted octanol–water partition coefficient (Wildman–Crippen LogP) is 2.62. The molecule has 0 aliphatic heterocycles. The molecule has 3 heterocycles. The number of nitrogen functional groups attached to an aromatic ring is 1. The number of aromatic nitrogens is 4. The summed E-state index contributed by atoms with van der Waals surface area (Å²) < 4.78 is 12.3. The number of nitrogens with zero attached hydrogens (tertiary/aromatic N) is 4. The van der Waals surface area contributed by atoms with Crippen molar-refractivity contribution in [1.29, 1.82) is 0 Å². The Morgan fingerprint density at radius 1 is 1.19 bits per heavy atom. The third-order valence-electron chi connectivity index (χ3n) is 4.02. The van der Waals surface area contributed by atoms with E-state index in [2.05, 4.69) is 15.3 Å². The van der Waals surface area contributed by atoms with Crippen LogP contribution in [0.5, 0.6) is 0 Å². The second-order valence-electron chi connectivity index (χ2n) is 5.67. The van der Waals surface area contributed by atoms with Crippen LogP contribution in [-0.4, -0.2) is 46.4 Å². The number of benzene rings is 1. The molecule has 0 aliphatic rings. The summed E-state index contributed by atoms with van der Waals surface area (Å²) in [6.07, 6.45) is 3.43. The van der Waals surface area contributed by atoms with Crippen molar-refractivity contribution in [3.63, 3.8) is 0 Å². The van der Waals surface area contributed by atoms with Gasteiger partial charge in [-0.25, -0.2) is 15.0 Å². The Morgan fingerprint density at radius 3 is 2.69 bits per heavy atom. The molecule has 0 radical (unpaired) electrons. The highest BCUT2D eigenvalue weighted by Gasteiger charge is 2.13. The molecule has 0 amide bonds. The van der Waals surface area contributed by atoms with Gasteiger partial charge in [0.1, 0.15) is 10.3 Å². The molecule has 0 fully saturated rings. The molecule has 8 nitrogen and oxygen atoms in total. The van der Waals surface area contributed by atoms with Crippen molar-refractivity contribution in [2.45, 2.75) is 6.29 Å². The molecule has 26 heavy (non-hydrogen) atoms. The molecule has 3 N–H and O–H groups in total. The standard InChI is InChI=1S/C17H18N6O2S/c1-24-14(25-2)8-20-16-19-7-13-15(22-16)26-17-21-12(9-23(13)17)10-3-5-11(18)6-4-10/h3-7,9,14H,8,18H2,1-2H3,(H,19,20,22). The lowest BCUT2D eigenvalue weighted by Crippen LogP contribution is -2.24. The monoisotopic (exact) mass is 370 g/mol. The average Bonchev–Trinajstić information content (AvgIpc) is 3.20. The number of nitrogens with one attached hydrogen (secondary N) is 1. The lowest BCUT2D eigenvalue weighted by molar-refractivity contribution is -0.0914. The number of imidazole rings is 1. The fourth-order valence-corrected chi connectivity index (χ4v) is 3.56. The number of fused-ring (bicyclic) bond motifs is 3. The van der Waals surface area contributed by atoms with Crippen molar-refractivity contribution in [1.82, 2.24) is 19.4 Å². The Bertz CT molecular complexity index is 1040. The van der Waals surface area contributed by atoms with E-state index in [1.165, 1.54) is 11.3 Å². The van der Waals surface area contributed by atoms with Crippen LogP contribution in [-0.2, 0) is 9.47 Å². The number of hydrogen-bond donors (Lipinski definition) is 2. The molecule has 0 spiro atoms. The molecular formula is C17H18N6O2S. The summed E-state index contributed by atoms with van der Waals surface area (Å²) in [4.78, 5) is 15.3. The van der Waals surface area contributed by atoms with Crippen LogP contribution in [0.3, 0.4) is 0 Å². The maximum absolute atomic E-state index is 5.75. The fourth-order valence-electron chi connectivity index (χ4n) is 2.61. The van der Waals surface area contributed by atoms with Crippen molar-refractivity contribution < 1.29 is 9.47 Å². The normalized spacial score (nSPS) is 11.7.